The smallest absolute Gasteiger partial charge is 0.171 e. The van der Waals surface area contributed by atoms with E-state index in [0.717, 1.165) is 27.1 Å². The van der Waals surface area contributed by atoms with Gasteiger partial charge >= 0.3 is 0 Å². The number of rotatable bonds is 5. The first-order chi connectivity index (χ1) is 7.06. The van der Waals surface area contributed by atoms with Gasteiger partial charge in [0.1, 0.15) is 5.01 Å². The van der Waals surface area contributed by atoms with Crippen LogP contribution in [0.2, 0.25) is 0 Å². The van der Waals surface area contributed by atoms with Crippen molar-refractivity contribution in [1.29, 1.82) is 0 Å². The summed E-state index contributed by atoms with van der Waals surface area (Å²) in [4.78, 5) is 16.8. The molecule has 0 amide bonds. The fourth-order valence-electron chi connectivity index (χ4n) is 1.27. The van der Waals surface area contributed by atoms with Crippen LogP contribution in [0, 0.1) is 0 Å². The molecule has 0 aliphatic rings. The normalized spacial score (nSPS) is 11.0. The molecular formula is C11H17NOS2. The van der Waals surface area contributed by atoms with Gasteiger partial charge in [-0.3, -0.25) is 4.79 Å². The van der Waals surface area contributed by atoms with E-state index in [-0.39, 0.29) is 5.78 Å². The molecule has 1 aromatic rings. The zero-order chi connectivity index (χ0) is 11.4. The van der Waals surface area contributed by atoms with E-state index >= 15 is 0 Å². The van der Waals surface area contributed by atoms with Crippen LogP contribution in [0.25, 0.3) is 0 Å². The summed E-state index contributed by atoms with van der Waals surface area (Å²) < 4.78 is 0. The lowest BCUT2D eigenvalue weighted by Crippen LogP contribution is -1.97. The van der Waals surface area contributed by atoms with Gasteiger partial charge in [-0.25, -0.2) is 4.98 Å². The summed E-state index contributed by atoms with van der Waals surface area (Å²) in [5.74, 6) is 2.49. The number of thioether (sulfide) groups is 1. The molecular weight excluding hydrogens is 226 g/mol. The highest BCUT2D eigenvalue weighted by Gasteiger charge is 2.16. The van der Waals surface area contributed by atoms with Crippen LogP contribution in [0.15, 0.2) is 0 Å². The van der Waals surface area contributed by atoms with E-state index in [0.29, 0.717) is 5.92 Å². The minimum atomic E-state index is 0.143. The molecule has 0 spiro atoms. The fourth-order valence-corrected chi connectivity index (χ4v) is 3.11. The van der Waals surface area contributed by atoms with Crippen molar-refractivity contribution < 1.29 is 4.79 Å². The van der Waals surface area contributed by atoms with Gasteiger partial charge in [0.05, 0.1) is 10.6 Å². The number of hydrogen-bond acceptors (Lipinski definition) is 4. The van der Waals surface area contributed by atoms with Crippen molar-refractivity contribution in [1.82, 2.24) is 4.98 Å². The van der Waals surface area contributed by atoms with E-state index < -0.39 is 0 Å². The molecule has 0 aliphatic carbocycles. The Kier molecular flexibility index (Phi) is 4.80. The van der Waals surface area contributed by atoms with Crippen LogP contribution in [0.1, 0.15) is 54.0 Å². The van der Waals surface area contributed by atoms with Crippen molar-refractivity contribution in [2.45, 2.75) is 39.4 Å². The minimum Gasteiger partial charge on any atom is -0.294 e. The number of Topliss-reactive ketones (excluding diaryl/α,β-unsaturated/α-hetero) is 1. The number of thiazole rings is 1. The van der Waals surface area contributed by atoms with Crippen LogP contribution >= 0.6 is 23.1 Å². The Hall–Kier alpha value is -0.350. The van der Waals surface area contributed by atoms with Crippen molar-refractivity contribution in [2.24, 2.45) is 0 Å². The van der Waals surface area contributed by atoms with E-state index in [1.807, 2.05) is 11.8 Å². The highest BCUT2D eigenvalue weighted by molar-refractivity contribution is 7.98. The minimum absolute atomic E-state index is 0.143. The molecule has 1 rings (SSSR count). The van der Waals surface area contributed by atoms with Crippen molar-refractivity contribution in [3.8, 4) is 0 Å². The maximum atomic E-state index is 11.4. The molecule has 84 valence electrons. The Bertz CT molecular complexity index is 344. The summed E-state index contributed by atoms with van der Waals surface area (Å²) in [7, 11) is 0. The molecule has 2 nitrogen and oxygen atoms in total. The van der Waals surface area contributed by atoms with Gasteiger partial charge in [0.15, 0.2) is 5.78 Å². The maximum Gasteiger partial charge on any atom is 0.171 e. The lowest BCUT2D eigenvalue weighted by Gasteiger charge is -2.01. The lowest BCUT2D eigenvalue weighted by molar-refractivity contribution is 0.102. The molecule has 0 aliphatic heterocycles. The number of nitrogens with zero attached hydrogens (tertiary/aromatic N) is 1. The predicted molar refractivity (Wildman–Crippen MR) is 68.0 cm³/mol. The van der Waals surface area contributed by atoms with Gasteiger partial charge in [0.25, 0.3) is 0 Å². The molecule has 1 aromatic heterocycles. The van der Waals surface area contributed by atoms with Gasteiger partial charge in [-0.2, -0.15) is 11.8 Å². The number of aromatic nitrogens is 1. The van der Waals surface area contributed by atoms with Gasteiger partial charge in [0.2, 0.25) is 0 Å². The quantitative estimate of drug-likeness (QED) is 0.738. The SMILES string of the molecule is CCSCc1nc(C(C)C)c(C(C)=O)s1. The van der Waals surface area contributed by atoms with Crippen LogP contribution in [0.3, 0.4) is 0 Å². The van der Waals surface area contributed by atoms with Crippen molar-refractivity contribution in [3.63, 3.8) is 0 Å². The summed E-state index contributed by atoms with van der Waals surface area (Å²) in [5.41, 5.74) is 0.971. The number of ketones is 1. The average Bonchev–Trinajstić information content (AvgIpc) is 2.58. The van der Waals surface area contributed by atoms with E-state index in [1.54, 1.807) is 18.3 Å². The second kappa shape index (κ2) is 5.66. The van der Waals surface area contributed by atoms with Gasteiger partial charge < -0.3 is 0 Å². The first-order valence-electron chi connectivity index (χ1n) is 5.14. The van der Waals surface area contributed by atoms with Crippen molar-refractivity contribution >= 4 is 28.9 Å². The third-order valence-electron chi connectivity index (χ3n) is 1.99. The second-order valence-corrected chi connectivity index (χ2v) is 6.03. The third kappa shape index (κ3) is 3.31. The fraction of sp³-hybridized carbons (Fsp3) is 0.636. The Balaban J connectivity index is 2.93. The van der Waals surface area contributed by atoms with Gasteiger partial charge in [-0.1, -0.05) is 20.8 Å². The topological polar surface area (TPSA) is 30.0 Å². The molecule has 0 saturated heterocycles. The number of carbonyl (C=O) groups is 1. The predicted octanol–water partition coefficient (Wildman–Crippen LogP) is 3.72. The monoisotopic (exact) mass is 243 g/mol. The Morgan fingerprint density at radius 1 is 1.53 bits per heavy atom. The number of hydrogen-bond donors (Lipinski definition) is 0. The summed E-state index contributed by atoms with van der Waals surface area (Å²) in [6.07, 6.45) is 0. The van der Waals surface area contributed by atoms with Gasteiger partial charge in [0, 0.05) is 12.7 Å². The van der Waals surface area contributed by atoms with Crippen LogP contribution < -0.4 is 0 Å². The van der Waals surface area contributed by atoms with Crippen LogP contribution in [0.4, 0.5) is 0 Å². The highest BCUT2D eigenvalue weighted by Crippen LogP contribution is 2.27. The molecule has 0 saturated carbocycles. The summed E-state index contributed by atoms with van der Waals surface area (Å²) in [6.45, 7) is 7.92. The molecule has 1 heterocycles. The van der Waals surface area contributed by atoms with Crippen LogP contribution in [-0.2, 0) is 5.75 Å². The Morgan fingerprint density at radius 3 is 2.60 bits per heavy atom. The van der Waals surface area contributed by atoms with Gasteiger partial charge in [-0.05, 0) is 11.7 Å². The molecule has 0 bridgehead atoms. The molecule has 15 heavy (non-hydrogen) atoms. The van der Waals surface area contributed by atoms with E-state index in [1.165, 1.54) is 0 Å². The van der Waals surface area contributed by atoms with Gasteiger partial charge in [-0.15, -0.1) is 11.3 Å². The van der Waals surface area contributed by atoms with Crippen molar-refractivity contribution in [3.05, 3.63) is 15.6 Å². The molecule has 0 unspecified atom stereocenters. The van der Waals surface area contributed by atoms with E-state index in [4.69, 9.17) is 0 Å². The molecule has 0 fully saturated rings. The standard InChI is InChI=1S/C11H17NOS2/c1-5-14-6-9-12-10(7(2)3)11(15-9)8(4)13/h7H,5-6H2,1-4H3. The van der Waals surface area contributed by atoms with E-state index in [2.05, 4.69) is 25.8 Å². The maximum absolute atomic E-state index is 11.4. The third-order valence-corrected chi connectivity index (χ3v) is 4.23. The highest BCUT2D eigenvalue weighted by atomic mass is 32.2. The van der Waals surface area contributed by atoms with Crippen LogP contribution in [0.5, 0.6) is 0 Å². The zero-order valence-corrected chi connectivity index (χ0v) is 11.3. The largest absolute Gasteiger partial charge is 0.294 e. The number of carbonyl (C=O) groups excluding carboxylic acids is 1. The summed E-state index contributed by atoms with van der Waals surface area (Å²) in [5, 5.41) is 1.08. The molecule has 0 N–H and O–H groups in total. The first-order valence-corrected chi connectivity index (χ1v) is 7.11. The molecule has 0 atom stereocenters. The average molecular weight is 243 g/mol. The van der Waals surface area contributed by atoms with Crippen LogP contribution in [-0.4, -0.2) is 16.5 Å². The lowest BCUT2D eigenvalue weighted by atomic mass is 10.1. The summed E-state index contributed by atoms with van der Waals surface area (Å²) in [6, 6.07) is 0. The first kappa shape index (κ1) is 12.7. The molecule has 4 heteroatoms. The Morgan fingerprint density at radius 2 is 2.20 bits per heavy atom. The zero-order valence-electron chi connectivity index (χ0n) is 9.66. The van der Waals surface area contributed by atoms with Crippen molar-refractivity contribution in [2.75, 3.05) is 5.75 Å². The second-order valence-electron chi connectivity index (χ2n) is 3.67. The van der Waals surface area contributed by atoms with E-state index in [9.17, 15) is 4.79 Å². The molecule has 0 aromatic carbocycles. The Labute approximate surface area is 99.5 Å². The summed E-state index contributed by atoms with van der Waals surface area (Å²) >= 11 is 3.40. The molecule has 0 radical (unpaired) electrons.